The van der Waals surface area contributed by atoms with Crippen LogP contribution in [0.5, 0.6) is 0 Å². The molecule has 2 aliphatic rings. The molecule has 0 nitrogen and oxygen atoms in total. The maximum absolute atomic E-state index is 4.89. The van der Waals surface area contributed by atoms with Crippen LogP contribution in [0.4, 0.5) is 0 Å². The molecule has 0 bridgehead atoms. The van der Waals surface area contributed by atoms with Crippen LogP contribution < -0.4 is 0 Å². The van der Waals surface area contributed by atoms with E-state index in [4.69, 9.17) is 18.6 Å². The summed E-state index contributed by atoms with van der Waals surface area (Å²) in [5, 5.41) is 18.4. The predicted molar refractivity (Wildman–Crippen MR) is 198 cm³/mol. The third-order valence-electron chi connectivity index (χ3n) is 9.58. The number of hydrogen-bond acceptors (Lipinski definition) is 0. The van der Waals surface area contributed by atoms with E-state index in [1.54, 1.807) is 53.3 Å². The van der Waals surface area contributed by atoms with Crippen LogP contribution in [0.25, 0.3) is 53.2 Å². The normalized spacial score (nSPS) is 14.3. The Hall–Kier alpha value is -2.53. The monoisotopic (exact) mass is 692 g/mol. The standard InChI is InChI=1S/2C20H16P.2ClH.Ti/c2*1-2-7-15-13-16(12-14(15)6-1)21-19-10-4-3-8-17(19)18-9-5-11-20(18)21;;;/h2*1-4,6-8,10,12-13H,5,9,11H2;2*1H;/q2*-1;;;+2/p-2. The number of aryl methyl sites for hydroxylation is 2. The summed E-state index contributed by atoms with van der Waals surface area (Å²) in [7, 11) is 9.25. The number of fused-ring (bicyclic) bond motifs is 8. The van der Waals surface area contributed by atoms with Crippen molar-refractivity contribution in [2.24, 2.45) is 0 Å². The van der Waals surface area contributed by atoms with Crippen molar-refractivity contribution < 1.29 is 17.0 Å². The van der Waals surface area contributed by atoms with Crippen molar-refractivity contribution in [2.75, 3.05) is 0 Å². The molecule has 0 spiro atoms. The maximum Gasteiger partial charge on any atom is 0.00467 e. The predicted octanol–water partition coefficient (Wildman–Crippen LogP) is 13.7. The third-order valence-corrected chi connectivity index (χ3v) is 14.9. The Morgan fingerprint density at radius 3 is 1.36 bits per heavy atom. The molecular weight excluding hydrogens is 661 g/mol. The average molecular weight is 693 g/mol. The summed E-state index contributed by atoms with van der Waals surface area (Å²) in [6.07, 6.45) is 7.86. The summed E-state index contributed by atoms with van der Waals surface area (Å²) in [4.78, 5) is 0. The fraction of sp³-hybridized carbons (Fsp3) is 0.150. The van der Waals surface area contributed by atoms with Crippen LogP contribution >= 0.6 is 33.7 Å². The van der Waals surface area contributed by atoms with Gasteiger partial charge in [0.1, 0.15) is 0 Å². The summed E-state index contributed by atoms with van der Waals surface area (Å²) in [6.45, 7) is 0. The number of hydrogen-bond donors (Lipinski definition) is 0. The first kappa shape index (κ1) is 29.8. The van der Waals surface area contributed by atoms with Crippen molar-refractivity contribution in [3.05, 3.63) is 143 Å². The Balaban J connectivity index is 0.000000123. The summed E-state index contributed by atoms with van der Waals surface area (Å²) in [5.41, 5.74) is 3.34. The van der Waals surface area contributed by atoms with Crippen LogP contribution in [-0.2, 0) is 42.7 Å². The van der Waals surface area contributed by atoms with Gasteiger partial charge in [0.15, 0.2) is 0 Å². The van der Waals surface area contributed by atoms with E-state index >= 15 is 0 Å². The molecule has 8 aromatic rings. The molecule has 0 saturated heterocycles. The van der Waals surface area contributed by atoms with Gasteiger partial charge in [0, 0.05) is 10.2 Å². The van der Waals surface area contributed by atoms with E-state index in [9.17, 15) is 0 Å². The Morgan fingerprint density at radius 2 is 0.911 bits per heavy atom. The molecule has 2 heterocycles. The molecule has 6 aromatic carbocycles. The van der Waals surface area contributed by atoms with Gasteiger partial charge >= 0.3 is 35.6 Å². The first-order valence-electron chi connectivity index (χ1n) is 15.8. The van der Waals surface area contributed by atoms with Gasteiger partial charge in [-0.2, -0.15) is 12.1 Å². The SMILES string of the molecule is [Cl][Ti][Cl].c1ccc2[cH-]c(-p3c4c(c5ccccc53)CCC4)cc2c1.c1ccc2[cH-]c(-p3c4c(c5ccccc53)CCC4)cc2c1. The van der Waals surface area contributed by atoms with Gasteiger partial charge in [-0.15, -0.1) is 85.1 Å². The molecule has 0 aliphatic heterocycles. The molecule has 0 N–H and O–H groups in total. The molecule has 10 rings (SSSR count). The maximum atomic E-state index is 4.89. The van der Waals surface area contributed by atoms with Crippen molar-refractivity contribution in [1.29, 1.82) is 0 Å². The van der Waals surface area contributed by atoms with Gasteiger partial charge in [0.25, 0.3) is 0 Å². The van der Waals surface area contributed by atoms with Crippen molar-refractivity contribution in [3.8, 4) is 10.6 Å². The molecule has 5 heteroatoms. The average Bonchev–Trinajstić information content (AvgIpc) is 3.91. The fourth-order valence-electron chi connectivity index (χ4n) is 7.78. The van der Waals surface area contributed by atoms with E-state index < -0.39 is 17.0 Å². The molecular formula is C40H32Cl2P2Ti-2. The van der Waals surface area contributed by atoms with Gasteiger partial charge in [-0.05, 0) is 71.0 Å². The largest absolute Gasteiger partial charge is 0.157 e. The Labute approximate surface area is 283 Å². The molecule has 222 valence electrons. The molecule has 0 saturated carbocycles. The molecule has 2 atom stereocenters. The summed E-state index contributed by atoms with van der Waals surface area (Å²) in [5.74, 6) is 0. The van der Waals surface area contributed by atoms with Crippen molar-refractivity contribution in [2.45, 2.75) is 38.5 Å². The zero-order valence-electron chi connectivity index (χ0n) is 24.9. The Bertz CT molecular complexity index is 2070. The van der Waals surface area contributed by atoms with Crippen LogP contribution in [0.1, 0.15) is 34.6 Å². The van der Waals surface area contributed by atoms with Gasteiger partial charge in [0.2, 0.25) is 0 Å². The van der Waals surface area contributed by atoms with E-state index in [0.29, 0.717) is 0 Å². The molecule has 0 fully saturated rings. The van der Waals surface area contributed by atoms with Crippen LogP contribution in [0, 0.1) is 0 Å². The Morgan fingerprint density at radius 1 is 0.511 bits per heavy atom. The molecule has 2 unspecified atom stereocenters. The van der Waals surface area contributed by atoms with E-state index in [0.717, 1.165) is 0 Å². The minimum Gasteiger partial charge on any atom is -0.157 e. The van der Waals surface area contributed by atoms with Gasteiger partial charge in [0.05, 0.1) is 0 Å². The third kappa shape index (κ3) is 5.39. The molecule has 2 aromatic heterocycles. The van der Waals surface area contributed by atoms with E-state index in [-0.39, 0.29) is 15.1 Å². The van der Waals surface area contributed by atoms with Crippen molar-refractivity contribution >= 4 is 76.2 Å². The first-order chi connectivity index (χ1) is 22.2. The minimum atomic E-state index is -0.556. The van der Waals surface area contributed by atoms with E-state index in [1.807, 2.05) is 0 Å². The number of halogens is 2. The second kappa shape index (κ2) is 12.9. The van der Waals surface area contributed by atoms with Crippen molar-refractivity contribution in [3.63, 3.8) is 0 Å². The quantitative estimate of drug-likeness (QED) is 0.125. The second-order valence-corrected chi connectivity index (χ2v) is 19.0. The van der Waals surface area contributed by atoms with E-state index in [2.05, 4.69) is 121 Å². The number of rotatable bonds is 2. The van der Waals surface area contributed by atoms with Gasteiger partial charge in [-0.3, -0.25) is 0 Å². The molecule has 2 aliphatic carbocycles. The number of benzene rings is 4. The van der Waals surface area contributed by atoms with Crippen LogP contribution in [-0.4, -0.2) is 0 Å². The van der Waals surface area contributed by atoms with Crippen LogP contribution in [0.2, 0.25) is 0 Å². The van der Waals surface area contributed by atoms with Gasteiger partial charge in [-0.1, -0.05) is 71.3 Å². The summed E-state index contributed by atoms with van der Waals surface area (Å²) < 4.78 is 0. The zero-order valence-corrected chi connectivity index (χ0v) is 29.8. The van der Waals surface area contributed by atoms with Crippen molar-refractivity contribution in [1.82, 2.24) is 0 Å². The summed E-state index contributed by atoms with van der Waals surface area (Å²) >= 11 is -0.556. The summed E-state index contributed by atoms with van der Waals surface area (Å²) in [6, 6.07) is 45.4. The first-order valence-corrected chi connectivity index (χ1v) is 22.7. The van der Waals surface area contributed by atoms with E-state index in [1.165, 1.54) is 60.1 Å². The molecule has 45 heavy (non-hydrogen) atoms. The van der Waals surface area contributed by atoms with Crippen LogP contribution in [0.15, 0.2) is 121 Å². The Kier molecular flexibility index (Phi) is 8.58. The van der Waals surface area contributed by atoms with Crippen LogP contribution in [0.3, 0.4) is 0 Å². The fourth-order valence-corrected chi connectivity index (χ4v) is 13.8. The minimum absolute atomic E-state index is 0.264. The topological polar surface area (TPSA) is 0 Å². The molecule has 0 radical (unpaired) electrons. The van der Waals surface area contributed by atoms with Gasteiger partial charge in [-0.25, -0.2) is 0 Å². The molecule has 0 amide bonds. The smallest absolute Gasteiger partial charge is 0.00467 e. The second-order valence-electron chi connectivity index (χ2n) is 12.0. The zero-order chi connectivity index (χ0) is 30.3. The van der Waals surface area contributed by atoms with Gasteiger partial charge < -0.3 is 0 Å².